The number of benzene rings is 1. The first-order chi connectivity index (χ1) is 13.5. The number of rotatable bonds is 6. The van der Waals surface area contributed by atoms with Gasteiger partial charge in [0.2, 0.25) is 6.79 Å². The number of hydrogen-bond donors (Lipinski definition) is 2. The van der Waals surface area contributed by atoms with Crippen molar-refractivity contribution in [1.29, 1.82) is 0 Å². The zero-order valence-corrected chi connectivity index (χ0v) is 16.4. The van der Waals surface area contributed by atoms with Gasteiger partial charge in [-0.1, -0.05) is 0 Å². The lowest BCUT2D eigenvalue weighted by Crippen LogP contribution is -2.55. The predicted molar refractivity (Wildman–Crippen MR) is 101 cm³/mol. The molecule has 28 heavy (non-hydrogen) atoms. The Balaban J connectivity index is 1.60. The number of aliphatic imine (C=N–C) groups is 1. The first kappa shape index (κ1) is 20.4. The summed E-state index contributed by atoms with van der Waals surface area (Å²) in [5.41, 5.74) is 0.530. The summed E-state index contributed by atoms with van der Waals surface area (Å²) in [6, 6.07) is 3.43. The normalized spacial score (nSPS) is 20.5. The summed E-state index contributed by atoms with van der Waals surface area (Å²) in [4.78, 5) is 8.82. The molecule has 3 rings (SSSR count). The van der Waals surface area contributed by atoms with Gasteiger partial charge in [-0.25, -0.2) is 0 Å². The van der Waals surface area contributed by atoms with Crippen LogP contribution in [0.2, 0.25) is 0 Å². The molecule has 1 unspecified atom stereocenters. The third-order valence-corrected chi connectivity index (χ3v) is 4.93. The Labute approximate surface area is 163 Å². The summed E-state index contributed by atoms with van der Waals surface area (Å²) in [5, 5.41) is 6.44. The van der Waals surface area contributed by atoms with Gasteiger partial charge in [0.25, 0.3) is 0 Å². The zero-order valence-electron chi connectivity index (χ0n) is 16.4. The van der Waals surface area contributed by atoms with Crippen LogP contribution in [0, 0.1) is 0 Å². The minimum Gasteiger partial charge on any atom is -0.454 e. The van der Waals surface area contributed by atoms with Crippen LogP contribution in [0.4, 0.5) is 8.78 Å². The van der Waals surface area contributed by atoms with Gasteiger partial charge in [0.15, 0.2) is 17.5 Å². The Kier molecular flexibility index (Phi) is 6.74. The molecule has 2 N–H and O–H groups in total. The monoisotopic (exact) mass is 399 g/mol. The van der Waals surface area contributed by atoms with Gasteiger partial charge in [-0.3, -0.25) is 9.89 Å². The van der Waals surface area contributed by atoms with Crippen molar-refractivity contribution in [3.8, 4) is 17.2 Å². The molecule has 0 aromatic heterocycles. The number of ether oxygens (including phenoxy) is 3. The van der Waals surface area contributed by atoms with Gasteiger partial charge in [-0.2, -0.15) is 8.78 Å². The molecule has 2 aliphatic heterocycles. The minimum atomic E-state index is -2.92. The third-order valence-electron chi connectivity index (χ3n) is 4.93. The van der Waals surface area contributed by atoms with E-state index in [1.807, 2.05) is 0 Å². The molecule has 0 saturated carbocycles. The number of fused-ring (bicyclic) bond motifs is 1. The van der Waals surface area contributed by atoms with Gasteiger partial charge >= 0.3 is 6.61 Å². The summed E-state index contributed by atoms with van der Waals surface area (Å²) in [7, 11) is 5.88. The summed E-state index contributed by atoms with van der Waals surface area (Å²) >= 11 is 0. The van der Waals surface area contributed by atoms with Crippen molar-refractivity contribution in [2.75, 3.05) is 54.1 Å². The highest BCUT2D eigenvalue weighted by Gasteiger charge is 2.23. The first-order valence-electron chi connectivity index (χ1n) is 9.17. The minimum absolute atomic E-state index is 0.0517. The lowest BCUT2D eigenvalue weighted by Gasteiger charge is -2.37. The van der Waals surface area contributed by atoms with Gasteiger partial charge in [-0.05, 0) is 20.2 Å². The molecular formula is C18H27F2N5O3. The van der Waals surface area contributed by atoms with E-state index in [0.717, 1.165) is 26.2 Å². The molecule has 10 heteroatoms. The molecule has 1 aromatic rings. The maximum absolute atomic E-state index is 12.8. The highest BCUT2D eigenvalue weighted by atomic mass is 19.3. The molecule has 0 amide bonds. The molecule has 0 spiro atoms. The van der Waals surface area contributed by atoms with Gasteiger partial charge in [0.05, 0.1) is 0 Å². The Hall–Kier alpha value is -2.33. The lowest BCUT2D eigenvalue weighted by molar-refractivity contribution is -0.0505. The van der Waals surface area contributed by atoms with Crippen molar-refractivity contribution in [3.05, 3.63) is 17.7 Å². The molecule has 1 atom stereocenters. The zero-order chi connectivity index (χ0) is 20.1. The van der Waals surface area contributed by atoms with Crippen LogP contribution < -0.4 is 24.8 Å². The van der Waals surface area contributed by atoms with Gasteiger partial charge in [-0.15, -0.1) is 0 Å². The van der Waals surface area contributed by atoms with E-state index in [0.29, 0.717) is 29.1 Å². The molecular weight excluding hydrogens is 372 g/mol. The number of nitrogens with one attached hydrogen (secondary N) is 2. The molecule has 8 nitrogen and oxygen atoms in total. The third kappa shape index (κ3) is 5.14. The van der Waals surface area contributed by atoms with Crippen molar-refractivity contribution < 1.29 is 23.0 Å². The van der Waals surface area contributed by atoms with Crippen molar-refractivity contribution in [3.63, 3.8) is 0 Å². The molecule has 1 aromatic carbocycles. The highest BCUT2D eigenvalue weighted by Crippen LogP contribution is 2.38. The van der Waals surface area contributed by atoms with Crippen LogP contribution in [0.15, 0.2) is 17.1 Å². The Morgan fingerprint density at radius 2 is 2.00 bits per heavy atom. The molecule has 2 heterocycles. The van der Waals surface area contributed by atoms with Gasteiger partial charge in [0, 0.05) is 57.4 Å². The first-order valence-corrected chi connectivity index (χ1v) is 9.17. The smallest absolute Gasteiger partial charge is 0.387 e. The van der Waals surface area contributed by atoms with Crippen LogP contribution in [0.5, 0.6) is 17.2 Å². The Morgan fingerprint density at radius 1 is 1.25 bits per heavy atom. The molecule has 0 aliphatic carbocycles. The summed E-state index contributed by atoms with van der Waals surface area (Å²) < 4.78 is 40.7. The van der Waals surface area contributed by atoms with Crippen molar-refractivity contribution >= 4 is 5.96 Å². The second-order valence-electron chi connectivity index (χ2n) is 6.90. The van der Waals surface area contributed by atoms with Crippen molar-refractivity contribution in [1.82, 2.24) is 20.4 Å². The summed E-state index contributed by atoms with van der Waals surface area (Å²) in [6.45, 7) is 1.15. The molecule has 156 valence electrons. The molecule has 1 saturated heterocycles. The second kappa shape index (κ2) is 9.24. The van der Waals surface area contributed by atoms with Crippen LogP contribution >= 0.6 is 0 Å². The van der Waals surface area contributed by atoms with Crippen LogP contribution in [-0.2, 0) is 6.54 Å². The lowest BCUT2D eigenvalue weighted by atomic mass is 10.1. The maximum atomic E-state index is 12.8. The van der Waals surface area contributed by atoms with E-state index < -0.39 is 6.61 Å². The van der Waals surface area contributed by atoms with E-state index >= 15 is 0 Å². The van der Waals surface area contributed by atoms with Crippen molar-refractivity contribution in [2.45, 2.75) is 19.2 Å². The number of halogens is 2. The predicted octanol–water partition coefficient (Wildman–Crippen LogP) is 0.928. The fourth-order valence-electron chi connectivity index (χ4n) is 3.25. The van der Waals surface area contributed by atoms with E-state index in [2.05, 4.69) is 44.3 Å². The fraction of sp³-hybridized carbons (Fsp3) is 0.611. The molecule has 2 aliphatic rings. The number of likely N-dealkylation sites (N-methyl/N-ethyl adjacent to an activating group) is 2. The number of alkyl halides is 2. The molecule has 1 fully saturated rings. The second-order valence-corrected chi connectivity index (χ2v) is 6.90. The van der Waals surface area contributed by atoms with E-state index in [1.165, 1.54) is 6.07 Å². The molecule has 0 radical (unpaired) electrons. The standard InChI is InChI=1S/C18H27F2N5O3/c1-21-18(23-9-13-10-24(2)4-5-25(13)3)22-8-12-6-15-16(27-11-26-15)7-14(12)28-17(19)20/h6-7,13,17H,4-5,8-11H2,1-3H3,(H2,21,22,23). The van der Waals surface area contributed by atoms with Crippen LogP contribution in [0.3, 0.4) is 0 Å². The summed E-state index contributed by atoms with van der Waals surface area (Å²) in [5.74, 6) is 1.54. The Bertz CT molecular complexity index is 704. The van der Waals surface area contributed by atoms with Crippen molar-refractivity contribution in [2.24, 2.45) is 4.99 Å². The van der Waals surface area contributed by atoms with Crippen LogP contribution in [-0.4, -0.2) is 82.5 Å². The number of hydrogen-bond acceptors (Lipinski definition) is 6. The maximum Gasteiger partial charge on any atom is 0.387 e. The highest BCUT2D eigenvalue weighted by molar-refractivity contribution is 5.79. The summed E-state index contributed by atoms with van der Waals surface area (Å²) in [6.07, 6.45) is 0. The number of guanidine groups is 1. The van der Waals surface area contributed by atoms with E-state index in [-0.39, 0.29) is 19.1 Å². The molecule has 0 bridgehead atoms. The van der Waals surface area contributed by atoms with E-state index in [4.69, 9.17) is 9.47 Å². The number of nitrogens with zero attached hydrogens (tertiary/aromatic N) is 3. The van der Waals surface area contributed by atoms with Crippen LogP contribution in [0.25, 0.3) is 0 Å². The van der Waals surface area contributed by atoms with Gasteiger partial charge < -0.3 is 29.7 Å². The SMILES string of the molecule is CN=C(NCc1cc2c(cc1OC(F)F)OCO2)NCC1CN(C)CCN1C. The largest absolute Gasteiger partial charge is 0.454 e. The van der Waals surface area contributed by atoms with E-state index in [1.54, 1.807) is 13.1 Å². The topological polar surface area (TPSA) is 70.6 Å². The van der Waals surface area contributed by atoms with E-state index in [9.17, 15) is 8.78 Å². The Morgan fingerprint density at radius 3 is 2.71 bits per heavy atom. The fourth-order valence-corrected chi connectivity index (χ4v) is 3.25. The van der Waals surface area contributed by atoms with Gasteiger partial charge in [0.1, 0.15) is 5.75 Å². The van der Waals surface area contributed by atoms with Crippen LogP contribution in [0.1, 0.15) is 5.56 Å². The average Bonchev–Trinajstić information content (AvgIpc) is 3.11. The number of piperazine rings is 1. The quantitative estimate of drug-likeness (QED) is 0.545. The average molecular weight is 399 g/mol.